The summed E-state index contributed by atoms with van der Waals surface area (Å²) in [5.41, 5.74) is 4.82. The number of anilines is 1. The van der Waals surface area contributed by atoms with E-state index in [-0.39, 0.29) is 17.3 Å². The molecule has 1 heterocycles. The van der Waals surface area contributed by atoms with Crippen LogP contribution in [0.2, 0.25) is 0 Å². The van der Waals surface area contributed by atoms with Gasteiger partial charge in [-0.15, -0.1) is 0 Å². The van der Waals surface area contributed by atoms with Crippen LogP contribution in [0.1, 0.15) is 22.3 Å². The molecule has 0 spiro atoms. The standard InChI is InChI=1S/C13H15F3N2O2/c1-20-12(19)8-2-3-11(10(6-8)13(14,15)16)18-5-4-9(17)7-18/h2-3,6,9H,4-5,7,17H2,1H3. The van der Waals surface area contributed by atoms with Gasteiger partial charge in [0.2, 0.25) is 0 Å². The predicted octanol–water partition coefficient (Wildman–Crippen LogP) is 2.03. The van der Waals surface area contributed by atoms with E-state index in [9.17, 15) is 18.0 Å². The maximum Gasteiger partial charge on any atom is 0.418 e. The first-order valence-corrected chi connectivity index (χ1v) is 6.13. The van der Waals surface area contributed by atoms with Crippen molar-refractivity contribution >= 4 is 11.7 Å². The number of alkyl halides is 3. The maximum absolute atomic E-state index is 13.1. The van der Waals surface area contributed by atoms with Crippen molar-refractivity contribution in [1.29, 1.82) is 0 Å². The second kappa shape index (κ2) is 5.32. The van der Waals surface area contributed by atoms with Gasteiger partial charge >= 0.3 is 12.1 Å². The van der Waals surface area contributed by atoms with E-state index in [2.05, 4.69) is 4.74 Å². The number of ether oxygens (including phenoxy) is 1. The minimum absolute atomic E-state index is 0.0538. The SMILES string of the molecule is COC(=O)c1ccc(N2CCC(N)C2)c(C(F)(F)F)c1. The molecule has 20 heavy (non-hydrogen) atoms. The van der Waals surface area contributed by atoms with Crippen LogP contribution in [0.3, 0.4) is 0 Å². The third kappa shape index (κ3) is 2.87. The second-order valence-electron chi connectivity index (χ2n) is 4.72. The number of carbonyl (C=O) groups is 1. The molecule has 1 aliphatic heterocycles. The van der Waals surface area contributed by atoms with Crippen LogP contribution in [-0.4, -0.2) is 32.2 Å². The van der Waals surface area contributed by atoms with Gasteiger partial charge in [0.15, 0.2) is 0 Å². The zero-order chi connectivity index (χ0) is 14.9. The third-order valence-electron chi connectivity index (χ3n) is 3.29. The molecule has 7 heteroatoms. The lowest BCUT2D eigenvalue weighted by Crippen LogP contribution is -2.28. The summed E-state index contributed by atoms with van der Waals surface area (Å²) in [5.74, 6) is -0.792. The monoisotopic (exact) mass is 288 g/mol. The third-order valence-corrected chi connectivity index (χ3v) is 3.29. The number of rotatable bonds is 2. The average molecular weight is 288 g/mol. The second-order valence-corrected chi connectivity index (χ2v) is 4.72. The number of carbonyl (C=O) groups excluding carboxylic acids is 1. The first-order valence-electron chi connectivity index (χ1n) is 6.13. The van der Waals surface area contributed by atoms with E-state index < -0.39 is 17.7 Å². The number of nitrogens with zero attached hydrogens (tertiary/aromatic N) is 1. The zero-order valence-corrected chi connectivity index (χ0v) is 10.9. The van der Waals surface area contributed by atoms with Crippen molar-refractivity contribution in [3.63, 3.8) is 0 Å². The fourth-order valence-electron chi connectivity index (χ4n) is 2.29. The highest BCUT2D eigenvalue weighted by Crippen LogP contribution is 2.38. The molecule has 2 N–H and O–H groups in total. The lowest BCUT2D eigenvalue weighted by molar-refractivity contribution is -0.137. The Bertz CT molecular complexity index is 517. The molecule has 0 aliphatic carbocycles. The Balaban J connectivity index is 2.43. The van der Waals surface area contributed by atoms with Gasteiger partial charge in [-0.25, -0.2) is 4.79 Å². The van der Waals surface area contributed by atoms with Crippen molar-refractivity contribution in [3.8, 4) is 0 Å². The highest BCUT2D eigenvalue weighted by molar-refractivity contribution is 5.90. The Morgan fingerprint density at radius 3 is 2.65 bits per heavy atom. The first kappa shape index (κ1) is 14.6. The largest absolute Gasteiger partial charge is 0.465 e. The van der Waals surface area contributed by atoms with Gasteiger partial charge in [0.05, 0.1) is 18.2 Å². The van der Waals surface area contributed by atoms with Gasteiger partial charge in [-0.3, -0.25) is 0 Å². The molecule has 0 aromatic heterocycles. The van der Waals surface area contributed by atoms with Gasteiger partial charge < -0.3 is 15.4 Å². The molecule has 1 atom stereocenters. The minimum Gasteiger partial charge on any atom is -0.465 e. The first-order chi connectivity index (χ1) is 9.32. The zero-order valence-electron chi connectivity index (χ0n) is 10.9. The van der Waals surface area contributed by atoms with Gasteiger partial charge in [0.1, 0.15) is 0 Å². The van der Waals surface area contributed by atoms with Gasteiger partial charge in [-0.2, -0.15) is 13.2 Å². The molecule has 1 fully saturated rings. The van der Waals surface area contributed by atoms with E-state index in [1.165, 1.54) is 12.1 Å². The Hall–Kier alpha value is -1.76. The van der Waals surface area contributed by atoms with E-state index in [0.29, 0.717) is 19.5 Å². The number of hydrogen-bond donors (Lipinski definition) is 1. The Kier molecular flexibility index (Phi) is 3.89. The van der Waals surface area contributed by atoms with Gasteiger partial charge in [-0.1, -0.05) is 0 Å². The quantitative estimate of drug-likeness (QED) is 0.846. The molecule has 110 valence electrons. The van der Waals surface area contributed by atoms with Crippen LogP contribution in [0, 0.1) is 0 Å². The molecular formula is C13H15F3N2O2. The Morgan fingerprint density at radius 1 is 1.45 bits per heavy atom. The van der Waals surface area contributed by atoms with Gasteiger partial charge in [0, 0.05) is 24.8 Å². The normalized spacial score (nSPS) is 19.2. The summed E-state index contributed by atoms with van der Waals surface area (Å²) in [4.78, 5) is 12.9. The maximum atomic E-state index is 13.1. The van der Waals surface area contributed by atoms with Gasteiger partial charge in [-0.05, 0) is 24.6 Å². The molecule has 4 nitrogen and oxygen atoms in total. The fourth-order valence-corrected chi connectivity index (χ4v) is 2.29. The van der Waals surface area contributed by atoms with Crippen molar-refractivity contribution in [2.75, 3.05) is 25.1 Å². The van der Waals surface area contributed by atoms with E-state index in [0.717, 1.165) is 13.2 Å². The van der Waals surface area contributed by atoms with E-state index in [4.69, 9.17) is 5.73 Å². The number of methoxy groups -OCH3 is 1. The van der Waals surface area contributed by atoms with Crippen LogP contribution in [0.15, 0.2) is 18.2 Å². The van der Waals surface area contributed by atoms with Crippen LogP contribution in [-0.2, 0) is 10.9 Å². The summed E-state index contributed by atoms with van der Waals surface area (Å²) >= 11 is 0. The van der Waals surface area contributed by atoms with Crippen molar-refractivity contribution in [2.24, 2.45) is 5.73 Å². The number of hydrogen-bond acceptors (Lipinski definition) is 4. The lowest BCUT2D eigenvalue weighted by atomic mass is 10.1. The van der Waals surface area contributed by atoms with Crippen LogP contribution in [0.4, 0.5) is 18.9 Å². The topological polar surface area (TPSA) is 55.6 Å². The van der Waals surface area contributed by atoms with Crippen LogP contribution in [0.5, 0.6) is 0 Å². The molecule has 1 aromatic carbocycles. The molecule has 1 aliphatic rings. The highest BCUT2D eigenvalue weighted by Gasteiger charge is 2.36. The Morgan fingerprint density at radius 2 is 2.15 bits per heavy atom. The molecular weight excluding hydrogens is 273 g/mol. The van der Waals surface area contributed by atoms with Crippen LogP contribution >= 0.6 is 0 Å². The summed E-state index contributed by atoms with van der Waals surface area (Å²) in [7, 11) is 1.13. The van der Waals surface area contributed by atoms with E-state index in [1.54, 1.807) is 4.90 Å². The van der Waals surface area contributed by atoms with Crippen molar-refractivity contribution in [1.82, 2.24) is 0 Å². The van der Waals surface area contributed by atoms with Crippen molar-refractivity contribution < 1.29 is 22.7 Å². The molecule has 2 rings (SSSR count). The number of esters is 1. The van der Waals surface area contributed by atoms with Crippen molar-refractivity contribution in [3.05, 3.63) is 29.3 Å². The van der Waals surface area contributed by atoms with Crippen LogP contribution in [0.25, 0.3) is 0 Å². The molecule has 0 bridgehead atoms. The summed E-state index contributed by atoms with van der Waals surface area (Å²) in [6, 6.07) is 3.33. The average Bonchev–Trinajstić information content (AvgIpc) is 2.82. The van der Waals surface area contributed by atoms with Crippen LogP contribution < -0.4 is 10.6 Å². The lowest BCUT2D eigenvalue weighted by Gasteiger charge is -2.23. The molecule has 0 saturated carbocycles. The molecule has 0 amide bonds. The molecule has 1 unspecified atom stereocenters. The van der Waals surface area contributed by atoms with Crippen molar-refractivity contribution in [2.45, 2.75) is 18.6 Å². The summed E-state index contributed by atoms with van der Waals surface area (Å²) in [5, 5.41) is 0. The summed E-state index contributed by atoms with van der Waals surface area (Å²) < 4.78 is 43.9. The molecule has 1 saturated heterocycles. The molecule has 1 aromatic rings. The Labute approximate surface area is 114 Å². The van der Waals surface area contributed by atoms with E-state index in [1.807, 2.05) is 0 Å². The predicted molar refractivity (Wildman–Crippen MR) is 67.6 cm³/mol. The smallest absolute Gasteiger partial charge is 0.418 e. The summed E-state index contributed by atoms with van der Waals surface area (Å²) in [6.45, 7) is 0.850. The fraction of sp³-hybridized carbons (Fsp3) is 0.462. The number of nitrogens with two attached hydrogens (primary N) is 1. The number of halogens is 3. The molecule has 0 radical (unpaired) electrons. The minimum atomic E-state index is -4.54. The van der Waals surface area contributed by atoms with Gasteiger partial charge in [0.25, 0.3) is 0 Å². The summed E-state index contributed by atoms with van der Waals surface area (Å²) in [6.07, 6.45) is -3.89. The number of benzene rings is 1. The van der Waals surface area contributed by atoms with E-state index >= 15 is 0 Å². The highest BCUT2D eigenvalue weighted by atomic mass is 19.4.